The first kappa shape index (κ1) is 17.2. The highest BCUT2D eigenvalue weighted by molar-refractivity contribution is 9.09. The predicted molar refractivity (Wildman–Crippen MR) is 84.0 cm³/mol. The van der Waals surface area contributed by atoms with Gasteiger partial charge < -0.3 is 0 Å². The van der Waals surface area contributed by atoms with E-state index in [4.69, 9.17) is 0 Å². The Morgan fingerprint density at radius 1 is 0.824 bits per heavy atom. The Balaban J connectivity index is 3.48. The molecular weight excluding hydrogens is 272 g/mol. The minimum absolute atomic E-state index is 1.08. The van der Waals surface area contributed by atoms with E-state index in [1.807, 2.05) is 0 Å². The number of hydrogen-bond donors (Lipinski definition) is 0. The van der Waals surface area contributed by atoms with Crippen molar-refractivity contribution in [1.82, 2.24) is 0 Å². The third-order valence-corrected chi connectivity index (χ3v) is 3.98. The van der Waals surface area contributed by atoms with Gasteiger partial charge in [0.05, 0.1) is 0 Å². The van der Waals surface area contributed by atoms with Crippen LogP contribution < -0.4 is 0 Å². The topological polar surface area (TPSA) is 0 Å². The normalized spacial score (nSPS) is 12.1. The molecule has 0 atom stereocenters. The molecule has 0 nitrogen and oxygen atoms in total. The van der Waals surface area contributed by atoms with E-state index in [0.717, 1.165) is 5.33 Å². The van der Waals surface area contributed by atoms with E-state index >= 15 is 0 Å². The van der Waals surface area contributed by atoms with Crippen molar-refractivity contribution >= 4 is 15.9 Å². The summed E-state index contributed by atoms with van der Waals surface area (Å²) in [6.07, 6.45) is 17.6. The van der Waals surface area contributed by atoms with Crippen molar-refractivity contribution in [3.63, 3.8) is 0 Å². The molecule has 0 aliphatic carbocycles. The molecule has 0 aliphatic rings. The van der Waals surface area contributed by atoms with Crippen LogP contribution in [0.3, 0.4) is 0 Å². The lowest BCUT2D eigenvalue weighted by Crippen LogP contribution is -1.87. The molecule has 102 valence electrons. The highest BCUT2D eigenvalue weighted by Gasteiger charge is 1.96. The van der Waals surface area contributed by atoms with Crippen molar-refractivity contribution in [2.75, 3.05) is 5.33 Å². The minimum atomic E-state index is 1.08. The van der Waals surface area contributed by atoms with Crippen LogP contribution >= 0.6 is 15.9 Å². The molecule has 0 N–H and O–H groups in total. The third-order valence-electron chi connectivity index (χ3n) is 3.26. The van der Waals surface area contributed by atoms with Gasteiger partial charge >= 0.3 is 0 Å². The molecule has 0 aliphatic heterocycles. The largest absolute Gasteiger partial charge is 0.0880 e. The molecule has 0 spiro atoms. The zero-order valence-electron chi connectivity index (χ0n) is 11.9. The van der Waals surface area contributed by atoms with Gasteiger partial charge in [-0.3, -0.25) is 0 Å². The standard InChI is InChI=1S/C16H31Br/c1-3-5-7-9-10-12-14-16(15-17)13-11-8-6-4-2/h14H,3-13,15H2,1-2H3/b16-14-. The lowest BCUT2D eigenvalue weighted by atomic mass is 10.0. The Bertz CT molecular complexity index is 172. The van der Waals surface area contributed by atoms with Gasteiger partial charge in [0.25, 0.3) is 0 Å². The van der Waals surface area contributed by atoms with E-state index < -0.39 is 0 Å². The van der Waals surface area contributed by atoms with Crippen LogP contribution in [0.4, 0.5) is 0 Å². The molecule has 1 heteroatoms. The molecule has 0 amide bonds. The molecule has 0 aromatic heterocycles. The Hall–Kier alpha value is 0.220. The fourth-order valence-electron chi connectivity index (χ4n) is 2.06. The van der Waals surface area contributed by atoms with Crippen molar-refractivity contribution in [2.45, 2.75) is 84.5 Å². The summed E-state index contributed by atoms with van der Waals surface area (Å²) in [6.45, 7) is 4.55. The van der Waals surface area contributed by atoms with E-state index in [9.17, 15) is 0 Å². The maximum absolute atomic E-state index is 3.61. The van der Waals surface area contributed by atoms with Crippen LogP contribution in [0.2, 0.25) is 0 Å². The average Bonchev–Trinajstić information content (AvgIpc) is 2.36. The number of rotatable bonds is 12. The Labute approximate surface area is 117 Å². The van der Waals surface area contributed by atoms with Crippen molar-refractivity contribution in [3.8, 4) is 0 Å². The van der Waals surface area contributed by atoms with E-state index in [1.165, 1.54) is 70.6 Å². The summed E-state index contributed by atoms with van der Waals surface area (Å²) >= 11 is 3.61. The number of hydrogen-bond acceptors (Lipinski definition) is 0. The Kier molecular flexibility index (Phi) is 14.5. The molecule has 0 saturated carbocycles. The lowest BCUT2D eigenvalue weighted by molar-refractivity contribution is 0.633. The van der Waals surface area contributed by atoms with Gasteiger partial charge in [0.2, 0.25) is 0 Å². The SMILES string of the molecule is CCCCCCC/C=C(\CBr)CCCCCC. The molecule has 0 rings (SSSR count). The number of halogens is 1. The lowest BCUT2D eigenvalue weighted by Gasteiger charge is -2.04. The first-order chi connectivity index (χ1) is 8.35. The van der Waals surface area contributed by atoms with Crippen LogP contribution in [0.5, 0.6) is 0 Å². The molecule has 17 heavy (non-hydrogen) atoms. The van der Waals surface area contributed by atoms with Gasteiger partial charge in [-0.15, -0.1) is 0 Å². The fraction of sp³-hybridized carbons (Fsp3) is 0.875. The summed E-state index contributed by atoms with van der Waals surface area (Å²) in [4.78, 5) is 0. The van der Waals surface area contributed by atoms with E-state index in [1.54, 1.807) is 5.57 Å². The summed E-state index contributed by atoms with van der Waals surface area (Å²) in [7, 11) is 0. The van der Waals surface area contributed by atoms with Gasteiger partial charge in [0.1, 0.15) is 0 Å². The van der Waals surface area contributed by atoms with Crippen molar-refractivity contribution in [2.24, 2.45) is 0 Å². The van der Waals surface area contributed by atoms with Gasteiger partial charge in [-0.25, -0.2) is 0 Å². The fourth-order valence-corrected chi connectivity index (χ4v) is 2.57. The second-order valence-electron chi connectivity index (χ2n) is 5.01. The smallest absolute Gasteiger partial charge is 0.0241 e. The molecule has 0 aromatic carbocycles. The summed E-state index contributed by atoms with van der Waals surface area (Å²) in [5.74, 6) is 0. The van der Waals surface area contributed by atoms with Gasteiger partial charge in [-0.2, -0.15) is 0 Å². The second kappa shape index (κ2) is 14.3. The van der Waals surface area contributed by atoms with Crippen LogP contribution in [-0.2, 0) is 0 Å². The van der Waals surface area contributed by atoms with E-state index in [-0.39, 0.29) is 0 Å². The summed E-state index contributed by atoms with van der Waals surface area (Å²) in [5, 5.41) is 1.08. The first-order valence-electron chi connectivity index (χ1n) is 7.59. The molecule has 0 radical (unpaired) electrons. The van der Waals surface area contributed by atoms with Gasteiger partial charge in [0.15, 0.2) is 0 Å². The summed E-state index contributed by atoms with van der Waals surface area (Å²) in [5.41, 5.74) is 1.62. The maximum Gasteiger partial charge on any atom is 0.0241 e. The zero-order chi connectivity index (χ0) is 12.8. The quantitative estimate of drug-likeness (QED) is 0.215. The third kappa shape index (κ3) is 12.5. The number of unbranched alkanes of at least 4 members (excludes halogenated alkanes) is 8. The van der Waals surface area contributed by atoms with Crippen molar-refractivity contribution in [3.05, 3.63) is 11.6 Å². The van der Waals surface area contributed by atoms with Crippen LogP contribution in [0, 0.1) is 0 Å². The molecule has 0 bridgehead atoms. The van der Waals surface area contributed by atoms with Gasteiger partial charge in [-0.05, 0) is 25.7 Å². The molecule has 0 unspecified atom stereocenters. The second-order valence-corrected chi connectivity index (χ2v) is 5.57. The molecule has 0 fully saturated rings. The highest BCUT2D eigenvalue weighted by Crippen LogP contribution is 2.14. The first-order valence-corrected chi connectivity index (χ1v) is 8.71. The summed E-state index contributed by atoms with van der Waals surface area (Å²) in [6, 6.07) is 0. The van der Waals surface area contributed by atoms with Crippen LogP contribution in [0.25, 0.3) is 0 Å². The van der Waals surface area contributed by atoms with Gasteiger partial charge in [0, 0.05) is 5.33 Å². The van der Waals surface area contributed by atoms with Crippen LogP contribution in [-0.4, -0.2) is 5.33 Å². The zero-order valence-corrected chi connectivity index (χ0v) is 13.5. The van der Waals surface area contributed by atoms with Crippen molar-refractivity contribution in [1.29, 1.82) is 0 Å². The predicted octanol–water partition coefficient (Wildman–Crippen LogP) is 6.64. The van der Waals surface area contributed by atoms with Crippen LogP contribution in [0.15, 0.2) is 11.6 Å². The van der Waals surface area contributed by atoms with Crippen LogP contribution in [0.1, 0.15) is 84.5 Å². The minimum Gasteiger partial charge on any atom is -0.0880 e. The van der Waals surface area contributed by atoms with Crippen molar-refractivity contribution < 1.29 is 0 Å². The summed E-state index contributed by atoms with van der Waals surface area (Å²) < 4.78 is 0. The number of alkyl halides is 1. The molecule has 0 aromatic rings. The highest BCUT2D eigenvalue weighted by atomic mass is 79.9. The molecular formula is C16H31Br. The molecule has 0 saturated heterocycles. The number of allylic oxidation sites excluding steroid dienone is 2. The van der Waals surface area contributed by atoms with E-state index in [0.29, 0.717) is 0 Å². The van der Waals surface area contributed by atoms with E-state index in [2.05, 4.69) is 35.9 Å². The Morgan fingerprint density at radius 2 is 1.41 bits per heavy atom. The molecule has 0 heterocycles. The monoisotopic (exact) mass is 302 g/mol. The Morgan fingerprint density at radius 3 is 2.00 bits per heavy atom. The maximum atomic E-state index is 3.61. The average molecular weight is 303 g/mol. The van der Waals surface area contributed by atoms with Gasteiger partial charge in [-0.1, -0.05) is 86.4 Å².